The number of nitrogens with one attached hydrogen (secondary N) is 2. The van der Waals surface area contributed by atoms with Crippen LogP contribution in [0.4, 0.5) is 4.79 Å². The van der Waals surface area contributed by atoms with E-state index in [4.69, 9.17) is 16.3 Å². The highest BCUT2D eigenvalue weighted by atomic mass is 35.5. The zero-order chi connectivity index (χ0) is 20.6. The summed E-state index contributed by atoms with van der Waals surface area (Å²) >= 11 is 5.92. The predicted octanol–water partition coefficient (Wildman–Crippen LogP) is 3.34. The van der Waals surface area contributed by atoms with Crippen LogP contribution in [-0.2, 0) is 9.53 Å². The minimum Gasteiger partial charge on any atom is -0.378 e. The van der Waals surface area contributed by atoms with Gasteiger partial charge in [0, 0.05) is 24.7 Å². The van der Waals surface area contributed by atoms with Crippen LogP contribution in [0.2, 0.25) is 5.02 Å². The number of benzene rings is 2. The number of hydrogen-bond donors (Lipinski definition) is 2. The Kier molecular flexibility index (Phi) is 7.49. The predicted molar refractivity (Wildman–Crippen MR) is 113 cm³/mol. The van der Waals surface area contributed by atoms with Gasteiger partial charge in [-0.05, 0) is 30.2 Å². The molecule has 29 heavy (non-hydrogen) atoms. The molecule has 3 amide bonds. The maximum Gasteiger partial charge on any atom is 0.315 e. The van der Waals surface area contributed by atoms with Crippen molar-refractivity contribution in [3.63, 3.8) is 0 Å². The topological polar surface area (TPSA) is 70.7 Å². The molecule has 0 aromatic heterocycles. The molecule has 2 atom stereocenters. The minimum absolute atomic E-state index is 0.00514. The second-order valence-corrected chi connectivity index (χ2v) is 7.46. The summed E-state index contributed by atoms with van der Waals surface area (Å²) in [6, 6.07) is 16.4. The highest BCUT2D eigenvalue weighted by molar-refractivity contribution is 6.30. The SMILES string of the molecule is CC(NC(=O)NCC(C(=O)N1CCOCC1)c1ccccc1)c1ccc(Cl)cc1. The Bertz CT molecular complexity index is 808. The Labute approximate surface area is 176 Å². The normalized spacial score (nSPS) is 16.0. The molecule has 2 aromatic rings. The molecule has 3 rings (SSSR count). The van der Waals surface area contributed by atoms with Crippen molar-refractivity contribution < 1.29 is 14.3 Å². The molecule has 154 valence electrons. The molecule has 0 bridgehead atoms. The number of halogens is 1. The van der Waals surface area contributed by atoms with E-state index >= 15 is 0 Å². The van der Waals surface area contributed by atoms with E-state index in [1.807, 2.05) is 49.4 Å². The summed E-state index contributed by atoms with van der Waals surface area (Å²) in [5.41, 5.74) is 1.84. The van der Waals surface area contributed by atoms with Gasteiger partial charge in [0.1, 0.15) is 0 Å². The Balaban J connectivity index is 1.62. The number of nitrogens with zero attached hydrogens (tertiary/aromatic N) is 1. The molecule has 1 heterocycles. The molecule has 7 heteroatoms. The number of ether oxygens (including phenoxy) is 1. The lowest BCUT2D eigenvalue weighted by atomic mass is 9.97. The van der Waals surface area contributed by atoms with Gasteiger partial charge in [-0.25, -0.2) is 4.79 Å². The van der Waals surface area contributed by atoms with Crippen LogP contribution in [0.25, 0.3) is 0 Å². The molecule has 0 saturated carbocycles. The zero-order valence-corrected chi connectivity index (χ0v) is 17.2. The number of carbonyl (C=O) groups is 2. The van der Waals surface area contributed by atoms with Gasteiger partial charge in [0.25, 0.3) is 0 Å². The first-order valence-electron chi connectivity index (χ1n) is 9.76. The van der Waals surface area contributed by atoms with Crippen molar-refractivity contribution in [2.24, 2.45) is 0 Å². The number of amides is 3. The molecule has 1 aliphatic heterocycles. The number of carbonyl (C=O) groups excluding carboxylic acids is 2. The van der Waals surface area contributed by atoms with Gasteiger partial charge >= 0.3 is 6.03 Å². The van der Waals surface area contributed by atoms with Crippen molar-refractivity contribution in [1.82, 2.24) is 15.5 Å². The molecule has 2 unspecified atom stereocenters. The van der Waals surface area contributed by atoms with Crippen molar-refractivity contribution in [2.45, 2.75) is 18.9 Å². The third kappa shape index (κ3) is 5.95. The Morgan fingerprint density at radius 2 is 1.69 bits per heavy atom. The van der Waals surface area contributed by atoms with Gasteiger partial charge < -0.3 is 20.3 Å². The van der Waals surface area contributed by atoms with E-state index in [1.54, 1.807) is 17.0 Å². The number of rotatable bonds is 6. The van der Waals surface area contributed by atoms with Crippen molar-refractivity contribution in [3.8, 4) is 0 Å². The average Bonchev–Trinajstić information content (AvgIpc) is 2.75. The second kappa shape index (κ2) is 10.3. The van der Waals surface area contributed by atoms with E-state index in [2.05, 4.69) is 10.6 Å². The summed E-state index contributed by atoms with van der Waals surface area (Å²) in [4.78, 5) is 27.3. The van der Waals surface area contributed by atoms with Gasteiger partial charge in [0.2, 0.25) is 5.91 Å². The summed E-state index contributed by atoms with van der Waals surface area (Å²) in [6.07, 6.45) is 0. The fraction of sp³-hybridized carbons (Fsp3) is 0.364. The number of morpholine rings is 1. The first kappa shape index (κ1) is 21.1. The van der Waals surface area contributed by atoms with Crippen LogP contribution in [0.15, 0.2) is 54.6 Å². The Morgan fingerprint density at radius 3 is 2.34 bits per heavy atom. The van der Waals surface area contributed by atoms with Crippen LogP contribution in [0, 0.1) is 0 Å². The third-order valence-electron chi connectivity index (χ3n) is 5.01. The summed E-state index contributed by atoms with van der Waals surface area (Å²) in [6.45, 7) is 4.35. The van der Waals surface area contributed by atoms with E-state index < -0.39 is 5.92 Å². The third-order valence-corrected chi connectivity index (χ3v) is 5.26. The average molecular weight is 416 g/mol. The standard InChI is InChI=1S/C22H26ClN3O3/c1-16(17-7-9-19(23)10-8-17)25-22(28)24-15-20(18-5-3-2-4-6-18)21(27)26-11-13-29-14-12-26/h2-10,16,20H,11-15H2,1H3,(H2,24,25,28). The van der Waals surface area contributed by atoms with E-state index in [0.717, 1.165) is 11.1 Å². The second-order valence-electron chi connectivity index (χ2n) is 7.03. The minimum atomic E-state index is -0.439. The van der Waals surface area contributed by atoms with Crippen molar-refractivity contribution >= 4 is 23.5 Å². The molecule has 2 aromatic carbocycles. The molecule has 0 spiro atoms. The largest absolute Gasteiger partial charge is 0.378 e. The van der Waals surface area contributed by atoms with Crippen LogP contribution in [-0.4, -0.2) is 49.7 Å². The lowest BCUT2D eigenvalue weighted by molar-refractivity contribution is -0.136. The van der Waals surface area contributed by atoms with Crippen molar-refractivity contribution in [2.75, 3.05) is 32.8 Å². The molecule has 0 aliphatic carbocycles. The summed E-state index contributed by atoms with van der Waals surface area (Å²) < 4.78 is 5.34. The number of urea groups is 1. The van der Waals surface area contributed by atoms with Gasteiger partial charge in [-0.15, -0.1) is 0 Å². The molecule has 1 saturated heterocycles. The fourth-order valence-electron chi connectivity index (χ4n) is 3.31. The van der Waals surface area contributed by atoms with Crippen LogP contribution in [0.3, 0.4) is 0 Å². The highest BCUT2D eigenvalue weighted by Gasteiger charge is 2.27. The molecular formula is C22H26ClN3O3. The van der Waals surface area contributed by atoms with Gasteiger partial charge in [0.05, 0.1) is 25.2 Å². The van der Waals surface area contributed by atoms with Crippen LogP contribution < -0.4 is 10.6 Å². The first-order valence-corrected chi connectivity index (χ1v) is 10.1. The molecular weight excluding hydrogens is 390 g/mol. The molecule has 2 N–H and O–H groups in total. The lowest BCUT2D eigenvalue weighted by Crippen LogP contribution is -2.46. The molecule has 1 aliphatic rings. The Hall–Kier alpha value is -2.57. The molecule has 0 radical (unpaired) electrons. The van der Waals surface area contributed by atoms with Crippen LogP contribution >= 0.6 is 11.6 Å². The maximum atomic E-state index is 13.1. The Morgan fingerprint density at radius 1 is 1.03 bits per heavy atom. The lowest BCUT2D eigenvalue weighted by Gasteiger charge is -2.30. The maximum absolute atomic E-state index is 13.1. The molecule has 6 nitrogen and oxygen atoms in total. The van der Waals surface area contributed by atoms with Crippen molar-refractivity contribution in [3.05, 3.63) is 70.7 Å². The first-order chi connectivity index (χ1) is 14.0. The van der Waals surface area contributed by atoms with Gasteiger partial charge in [0.15, 0.2) is 0 Å². The summed E-state index contributed by atoms with van der Waals surface area (Å²) in [5.74, 6) is -0.434. The zero-order valence-electron chi connectivity index (χ0n) is 16.4. The van der Waals surface area contributed by atoms with E-state index in [9.17, 15) is 9.59 Å². The van der Waals surface area contributed by atoms with E-state index in [1.165, 1.54) is 0 Å². The van der Waals surface area contributed by atoms with Crippen LogP contribution in [0.5, 0.6) is 0 Å². The fourth-order valence-corrected chi connectivity index (χ4v) is 3.44. The number of hydrogen-bond acceptors (Lipinski definition) is 3. The van der Waals surface area contributed by atoms with E-state index in [-0.39, 0.29) is 24.5 Å². The molecule has 1 fully saturated rings. The van der Waals surface area contributed by atoms with Crippen LogP contribution in [0.1, 0.15) is 30.0 Å². The summed E-state index contributed by atoms with van der Waals surface area (Å²) in [7, 11) is 0. The van der Waals surface area contributed by atoms with Gasteiger partial charge in [-0.2, -0.15) is 0 Å². The quantitative estimate of drug-likeness (QED) is 0.760. The van der Waals surface area contributed by atoms with Gasteiger partial charge in [-0.3, -0.25) is 4.79 Å². The smallest absolute Gasteiger partial charge is 0.315 e. The van der Waals surface area contributed by atoms with Gasteiger partial charge in [-0.1, -0.05) is 54.1 Å². The van der Waals surface area contributed by atoms with Crippen molar-refractivity contribution in [1.29, 1.82) is 0 Å². The van der Waals surface area contributed by atoms with E-state index in [0.29, 0.717) is 31.3 Å². The monoisotopic (exact) mass is 415 g/mol. The summed E-state index contributed by atoms with van der Waals surface area (Å²) in [5, 5.41) is 6.41. The highest BCUT2D eigenvalue weighted by Crippen LogP contribution is 2.19.